The maximum atomic E-state index is 10.1. The number of fused-ring (bicyclic) bond motifs is 2. The zero-order valence-corrected chi connectivity index (χ0v) is 8.75. The lowest BCUT2D eigenvalue weighted by molar-refractivity contribution is -0.127. The van der Waals surface area contributed by atoms with E-state index in [1.165, 1.54) is 25.7 Å². The van der Waals surface area contributed by atoms with E-state index in [9.17, 15) is 5.11 Å². The Bertz CT molecular complexity index is 297. The third-order valence-corrected chi connectivity index (χ3v) is 4.72. The highest BCUT2D eigenvalue weighted by Crippen LogP contribution is 2.60. The first-order valence-corrected chi connectivity index (χ1v) is 5.66. The summed E-state index contributed by atoms with van der Waals surface area (Å²) in [6, 6.07) is 0. The van der Waals surface area contributed by atoms with Crippen LogP contribution in [0.2, 0.25) is 0 Å². The number of hydrogen-bond donors (Lipinski definition) is 1. The minimum atomic E-state index is -0.332. The standard InChI is InChI=1S/C12H18O2/c1-14-12-6-5-11(8-10(12)13)4-2-3-9(11)7-12/h7,10,13H,2-6,8H2,1H3/t10-,11+,12-/m1/s1. The largest absolute Gasteiger partial charge is 0.390 e. The molecule has 0 aromatic heterocycles. The molecule has 1 N–H and O–H groups in total. The van der Waals surface area contributed by atoms with Crippen LogP contribution in [0.3, 0.4) is 0 Å². The molecule has 2 nitrogen and oxygen atoms in total. The summed E-state index contributed by atoms with van der Waals surface area (Å²) in [5.74, 6) is 0. The summed E-state index contributed by atoms with van der Waals surface area (Å²) in [6.07, 6.45) is 8.97. The van der Waals surface area contributed by atoms with Crippen LogP contribution in [0, 0.1) is 5.41 Å². The first-order valence-electron chi connectivity index (χ1n) is 5.66. The number of ether oxygens (including phenoxy) is 1. The number of rotatable bonds is 1. The number of allylic oxidation sites excluding steroid dienone is 1. The van der Waals surface area contributed by atoms with E-state index in [1.54, 1.807) is 12.7 Å². The smallest absolute Gasteiger partial charge is 0.112 e. The lowest BCUT2D eigenvalue weighted by Gasteiger charge is -2.52. The van der Waals surface area contributed by atoms with Gasteiger partial charge in [0.25, 0.3) is 0 Å². The van der Waals surface area contributed by atoms with Gasteiger partial charge in [-0.15, -0.1) is 0 Å². The van der Waals surface area contributed by atoms with E-state index in [1.807, 2.05) is 0 Å². The van der Waals surface area contributed by atoms with Crippen LogP contribution >= 0.6 is 0 Å². The van der Waals surface area contributed by atoms with Crippen molar-refractivity contribution < 1.29 is 9.84 Å². The monoisotopic (exact) mass is 194 g/mol. The summed E-state index contributed by atoms with van der Waals surface area (Å²) in [7, 11) is 1.73. The van der Waals surface area contributed by atoms with E-state index in [-0.39, 0.29) is 11.7 Å². The lowest BCUT2D eigenvalue weighted by atomic mass is 9.59. The van der Waals surface area contributed by atoms with Gasteiger partial charge in [-0.05, 0) is 43.9 Å². The summed E-state index contributed by atoms with van der Waals surface area (Å²) in [6.45, 7) is 0. The van der Waals surface area contributed by atoms with Crippen molar-refractivity contribution in [2.45, 2.75) is 50.2 Å². The molecule has 0 unspecified atom stereocenters. The van der Waals surface area contributed by atoms with Crippen molar-refractivity contribution in [3.05, 3.63) is 11.6 Å². The van der Waals surface area contributed by atoms with Gasteiger partial charge in [-0.2, -0.15) is 0 Å². The molecule has 2 saturated carbocycles. The fourth-order valence-corrected chi connectivity index (χ4v) is 3.79. The highest BCUT2D eigenvalue weighted by atomic mass is 16.5. The zero-order valence-electron chi connectivity index (χ0n) is 8.75. The highest BCUT2D eigenvalue weighted by molar-refractivity contribution is 5.33. The van der Waals surface area contributed by atoms with Gasteiger partial charge in [-0.1, -0.05) is 11.6 Å². The van der Waals surface area contributed by atoms with Gasteiger partial charge in [0.1, 0.15) is 5.60 Å². The van der Waals surface area contributed by atoms with E-state index >= 15 is 0 Å². The molecule has 4 aliphatic carbocycles. The van der Waals surface area contributed by atoms with Crippen LogP contribution in [-0.2, 0) is 4.74 Å². The summed E-state index contributed by atoms with van der Waals surface area (Å²) >= 11 is 0. The maximum Gasteiger partial charge on any atom is 0.112 e. The lowest BCUT2D eigenvalue weighted by Crippen LogP contribution is -2.54. The third-order valence-electron chi connectivity index (χ3n) is 4.72. The topological polar surface area (TPSA) is 29.5 Å². The first kappa shape index (κ1) is 8.93. The normalized spacial score (nSPS) is 50.4. The van der Waals surface area contributed by atoms with Crippen LogP contribution < -0.4 is 0 Å². The molecule has 0 radical (unpaired) electrons. The number of aliphatic hydroxyl groups is 1. The van der Waals surface area contributed by atoms with Gasteiger partial charge in [0.2, 0.25) is 0 Å². The number of aliphatic hydroxyl groups excluding tert-OH is 1. The summed E-state index contributed by atoms with van der Waals surface area (Å²) < 4.78 is 5.56. The van der Waals surface area contributed by atoms with Crippen LogP contribution in [0.4, 0.5) is 0 Å². The molecule has 1 spiro atoms. The molecule has 3 atom stereocenters. The first-order chi connectivity index (χ1) is 6.71. The number of hydrogen-bond acceptors (Lipinski definition) is 2. The summed E-state index contributed by atoms with van der Waals surface area (Å²) in [5, 5.41) is 10.1. The average Bonchev–Trinajstić information content (AvgIpc) is 2.59. The molecule has 0 saturated heterocycles. The predicted octanol–water partition coefficient (Wildman–Crippen LogP) is 2.03. The van der Waals surface area contributed by atoms with Gasteiger partial charge in [0, 0.05) is 7.11 Å². The van der Waals surface area contributed by atoms with E-state index in [2.05, 4.69) is 6.08 Å². The van der Waals surface area contributed by atoms with E-state index in [4.69, 9.17) is 4.74 Å². The maximum absolute atomic E-state index is 10.1. The van der Waals surface area contributed by atoms with Crippen LogP contribution in [0.5, 0.6) is 0 Å². The molecule has 4 rings (SSSR count). The molecule has 2 bridgehead atoms. The van der Waals surface area contributed by atoms with Crippen molar-refractivity contribution >= 4 is 0 Å². The molecule has 0 aromatic carbocycles. The van der Waals surface area contributed by atoms with Crippen LogP contribution in [-0.4, -0.2) is 23.9 Å². The van der Waals surface area contributed by atoms with E-state index in [0.717, 1.165) is 12.8 Å². The second-order valence-corrected chi connectivity index (χ2v) is 5.18. The van der Waals surface area contributed by atoms with Gasteiger partial charge in [-0.25, -0.2) is 0 Å². The van der Waals surface area contributed by atoms with Crippen molar-refractivity contribution in [2.24, 2.45) is 5.41 Å². The quantitative estimate of drug-likeness (QED) is 0.647. The molecular weight excluding hydrogens is 176 g/mol. The molecule has 14 heavy (non-hydrogen) atoms. The molecule has 2 fully saturated rings. The van der Waals surface area contributed by atoms with Crippen LogP contribution in [0.15, 0.2) is 11.6 Å². The summed E-state index contributed by atoms with van der Waals surface area (Å²) in [5.41, 5.74) is 1.62. The van der Waals surface area contributed by atoms with Crippen molar-refractivity contribution in [3.8, 4) is 0 Å². The fraction of sp³-hybridized carbons (Fsp3) is 0.833. The van der Waals surface area contributed by atoms with Crippen molar-refractivity contribution in [2.75, 3.05) is 7.11 Å². The molecule has 0 aromatic rings. The van der Waals surface area contributed by atoms with Crippen molar-refractivity contribution in [1.29, 1.82) is 0 Å². The molecule has 0 amide bonds. The average molecular weight is 194 g/mol. The molecule has 0 heterocycles. The Morgan fingerprint density at radius 3 is 3.00 bits per heavy atom. The van der Waals surface area contributed by atoms with Gasteiger partial charge in [0.15, 0.2) is 0 Å². The van der Waals surface area contributed by atoms with Gasteiger partial charge >= 0.3 is 0 Å². The Morgan fingerprint density at radius 2 is 2.29 bits per heavy atom. The minimum Gasteiger partial charge on any atom is -0.390 e. The van der Waals surface area contributed by atoms with Crippen LogP contribution in [0.25, 0.3) is 0 Å². The predicted molar refractivity (Wildman–Crippen MR) is 54.0 cm³/mol. The summed E-state index contributed by atoms with van der Waals surface area (Å²) in [4.78, 5) is 0. The number of methoxy groups -OCH3 is 1. The second-order valence-electron chi connectivity index (χ2n) is 5.18. The Labute approximate surface area is 85.0 Å². The van der Waals surface area contributed by atoms with Gasteiger partial charge in [0.05, 0.1) is 6.10 Å². The Morgan fingerprint density at radius 1 is 1.43 bits per heavy atom. The third kappa shape index (κ3) is 0.887. The van der Waals surface area contributed by atoms with Crippen molar-refractivity contribution in [3.63, 3.8) is 0 Å². The van der Waals surface area contributed by atoms with Crippen molar-refractivity contribution in [1.82, 2.24) is 0 Å². The minimum absolute atomic E-state index is 0.275. The Balaban J connectivity index is 2.08. The Hall–Kier alpha value is -0.340. The van der Waals surface area contributed by atoms with E-state index < -0.39 is 0 Å². The highest BCUT2D eigenvalue weighted by Gasteiger charge is 2.55. The Kier molecular flexibility index (Phi) is 1.67. The van der Waals surface area contributed by atoms with Crippen LogP contribution in [0.1, 0.15) is 38.5 Å². The molecule has 2 heteroatoms. The molecule has 4 aliphatic rings. The SMILES string of the molecule is CO[C@@]12C=C3CCC[C@]3(CC1)C[C@H]2O. The zero-order chi connectivity index (χ0) is 9.81. The molecular formula is C12H18O2. The molecule has 0 aliphatic heterocycles. The molecule has 78 valence electrons. The van der Waals surface area contributed by atoms with E-state index in [0.29, 0.717) is 5.41 Å². The second kappa shape index (κ2) is 2.61. The fourth-order valence-electron chi connectivity index (χ4n) is 3.79. The van der Waals surface area contributed by atoms with Gasteiger partial charge < -0.3 is 9.84 Å². The van der Waals surface area contributed by atoms with Gasteiger partial charge in [-0.3, -0.25) is 0 Å².